The number of hydrogen-bond acceptors (Lipinski definition) is 6. The van der Waals surface area contributed by atoms with Crippen LogP contribution in [-0.2, 0) is 14.9 Å². The summed E-state index contributed by atoms with van der Waals surface area (Å²) in [7, 11) is 0. The number of carbonyl (C=O) groups is 2. The minimum atomic E-state index is -1.01. The van der Waals surface area contributed by atoms with Crippen molar-refractivity contribution in [1.29, 1.82) is 5.41 Å². The number of carboxylic acid groups (broad SMARTS) is 1. The molecule has 0 bridgehead atoms. The summed E-state index contributed by atoms with van der Waals surface area (Å²) < 4.78 is 5.49. The maximum atomic E-state index is 13.7. The average Bonchev–Trinajstić information content (AvgIpc) is 3.47. The maximum Gasteiger partial charge on any atom is 0.329 e. The van der Waals surface area contributed by atoms with Gasteiger partial charge in [-0.25, -0.2) is 4.79 Å². The third-order valence-corrected chi connectivity index (χ3v) is 7.86. The summed E-state index contributed by atoms with van der Waals surface area (Å²) in [5.41, 5.74) is 2.46. The average molecular weight is 536 g/mol. The quantitative estimate of drug-likeness (QED) is 0.365. The number of phenolic OH excluding ortho intramolecular Hbond substituents is 1. The van der Waals surface area contributed by atoms with Gasteiger partial charge in [-0.15, -0.1) is 0 Å². The van der Waals surface area contributed by atoms with Gasteiger partial charge < -0.3 is 24.7 Å². The second-order valence-corrected chi connectivity index (χ2v) is 11.8. The first-order chi connectivity index (χ1) is 18.5. The molecule has 2 fully saturated rings. The molecular formula is C31H41N3O5. The third kappa shape index (κ3) is 6.44. The first-order valence-corrected chi connectivity index (χ1v) is 13.9. The Morgan fingerprint density at radius 3 is 2.49 bits per heavy atom. The zero-order valence-corrected chi connectivity index (χ0v) is 23.4. The van der Waals surface area contributed by atoms with Gasteiger partial charge in [-0.05, 0) is 41.9 Å². The Labute approximate surface area is 231 Å². The molecule has 0 aromatic heterocycles. The molecule has 4 rings (SSSR count). The predicted octanol–water partition coefficient (Wildman–Crippen LogP) is 5.05. The van der Waals surface area contributed by atoms with Gasteiger partial charge >= 0.3 is 5.97 Å². The maximum absolute atomic E-state index is 13.7. The Bertz CT molecular complexity index is 1210. The lowest BCUT2D eigenvalue weighted by atomic mass is 9.84. The molecule has 2 aromatic carbocycles. The molecule has 0 saturated carbocycles. The summed E-state index contributed by atoms with van der Waals surface area (Å²) in [6, 6.07) is 13.6. The van der Waals surface area contributed by atoms with Crippen LogP contribution in [0.1, 0.15) is 74.4 Å². The fourth-order valence-corrected chi connectivity index (χ4v) is 5.91. The molecule has 2 aliphatic rings. The van der Waals surface area contributed by atoms with Crippen LogP contribution < -0.4 is 4.90 Å². The largest absolute Gasteiger partial charge is 0.505 e. The number of aromatic hydroxyl groups is 1. The Kier molecular flexibility index (Phi) is 8.64. The van der Waals surface area contributed by atoms with Crippen molar-refractivity contribution in [1.82, 2.24) is 4.90 Å². The molecule has 3 N–H and O–H groups in total. The molecule has 0 radical (unpaired) electrons. The molecule has 210 valence electrons. The normalized spacial score (nSPS) is 21.5. The molecule has 8 heteroatoms. The van der Waals surface area contributed by atoms with Crippen molar-refractivity contribution >= 4 is 23.3 Å². The highest BCUT2D eigenvalue weighted by atomic mass is 16.5. The minimum absolute atomic E-state index is 0.0215. The molecular weight excluding hydrogens is 494 g/mol. The van der Waals surface area contributed by atoms with Crippen LogP contribution >= 0.6 is 0 Å². The number of carboxylic acids is 1. The topological polar surface area (TPSA) is 114 Å². The van der Waals surface area contributed by atoms with E-state index in [1.54, 1.807) is 12.1 Å². The number of anilines is 1. The second kappa shape index (κ2) is 11.8. The molecule has 2 saturated heterocycles. The predicted molar refractivity (Wildman–Crippen MR) is 152 cm³/mol. The number of Topliss-reactive ketones (excluding diaryl/α,β-unsaturated/α-hetero) is 1. The number of amidine groups is 1. The van der Waals surface area contributed by atoms with Gasteiger partial charge in [-0.1, -0.05) is 64.4 Å². The third-order valence-electron chi connectivity index (χ3n) is 7.86. The monoisotopic (exact) mass is 535 g/mol. The highest BCUT2D eigenvalue weighted by Crippen LogP contribution is 2.41. The van der Waals surface area contributed by atoms with Gasteiger partial charge in [0.15, 0.2) is 5.78 Å². The lowest BCUT2D eigenvalue weighted by Gasteiger charge is -2.27. The van der Waals surface area contributed by atoms with E-state index in [1.165, 1.54) is 0 Å². The van der Waals surface area contributed by atoms with Crippen molar-refractivity contribution in [2.24, 2.45) is 5.92 Å². The van der Waals surface area contributed by atoms with Crippen LogP contribution in [0.15, 0.2) is 42.5 Å². The first-order valence-electron chi connectivity index (χ1n) is 13.9. The molecule has 0 aliphatic carbocycles. The van der Waals surface area contributed by atoms with Crippen LogP contribution in [0.3, 0.4) is 0 Å². The summed E-state index contributed by atoms with van der Waals surface area (Å²) >= 11 is 0. The molecule has 0 amide bonds. The molecule has 3 atom stereocenters. The van der Waals surface area contributed by atoms with Crippen molar-refractivity contribution in [2.75, 3.05) is 37.7 Å². The Hall–Kier alpha value is -3.39. The van der Waals surface area contributed by atoms with E-state index in [-0.39, 0.29) is 42.6 Å². The SMILES string of the molecule is CCCC1CN(CC(=O)c2cc(N3CCC(OCC(=O)O)C3)c(O)c(C(C)(C)C)c2)C(=N)C1c1ccccc1. The number of rotatable bonds is 10. The molecule has 0 spiro atoms. The lowest BCUT2D eigenvalue weighted by molar-refractivity contribution is -0.143. The highest BCUT2D eigenvalue weighted by molar-refractivity contribution is 6.02. The van der Waals surface area contributed by atoms with Gasteiger partial charge in [-0.3, -0.25) is 10.2 Å². The van der Waals surface area contributed by atoms with E-state index in [1.807, 2.05) is 48.8 Å². The van der Waals surface area contributed by atoms with Crippen LogP contribution in [0.5, 0.6) is 5.75 Å². The summed E-state index contributed by atoms with van der Waals surface area (Å²) in [6.45, 7) is 9.60. The Morgan fingerprint density at radius 1 is 1.13 bits per heavy atom. The molecule has 3 unspecified atom stereocenters. The first kappa shape index (κ1) is 28.6. The van der Waals surface area contributed by atoms with Gasteiger partial charge in [0.25, 0.3) is 0 Å². The Balaban J connectivity index is 1.58. The van der Waals surface area contributed by atoms with E-state index < -0.39 is 11.4 Å². The summed E-state index contributed by atoms with van der Waals surface area (Å²) in [5, 5.41) is 29.2. The van der Waals surface area contributed by atoms with Gasteiger partial charge in [0.1, 0.15) is 18.2 Å². The molecule has 39 heavy (non-hydrogen) atoms. The van der Waals surface area contributed by atoms with Gasteiger partial charge in [0.2, 0.25) is 0 Å². The number of aliphatic carboxylic acids is 1. The van der Waals surface area contributed by atoms with E-state index in [0.717, 1.165) is 18.4 Å². The number of likely N-dealkylation sites (tertiary alicyclic amines) is 1. The standard InChI is InChI=1S/C31H41N3O5/c1-5-9-21-16-34(30(32)28(21)20-10-7-6-8-11-20)18-26(35)22-14-24(31(2,3)4)29(38)25(15-22)33-13-12-23(17-33)39-19-27(36)37/h6-8,10-11,14-15,21,23,28,32,38H,5,9,12-13,16-19H2,1-4H3,(H,36,37). The number of ether oxygens (including phenoxy) is 1. The van der Waals surface area contributed by atoms with Gasteiger partial charge in [0, 0.05) is 36.7 Å². The van der Waals surface area contributed by atoms with Crippen LogP contribution in [-0.4, -0.2) is 71.6 Å². The lowest BCUT2D eigenvalue weighted by Crippen LogP contribution is -2.32. The van der Waals surface area contributed by atoms with Crippen LogP contribution in [0, 0.1) is 11.3 Å². The molecule has 8 nitrogen and oxygen atoms in total. The number of carbonyl (C=O) groups excluding carboxylic acids is 1. The number of nitrogens with zero attached hydrogens (tertiary/aromatic N) is 2. The Morgan fingerprint density at radius 2 is 1.85 bits per heavy atom. The zero-order valence-electron chi connectivity index (χ0n) is 23.4. The van der Waals surface area contributed by atoms with E-state index in [9.17, 15) is 14.7 Å². The van der Waals surface area contributed by atoms with Crippen molar-refractivity contribution in [3.63, 3.8) is 0 Å². The van der Waals surface area contributed by atoms with Crippen LogP contribution in [0.4, 0.5) is 5.69 Å². The fraction of sp³-hybridized carbons (Fsp3) is 0.516. The minimum Gasteiger partial charge on any atom is -0.505 e. The van der Waals surface area contributed by atoms with Crippen LogP contribution in [0.25, 0.3) is 0 Å². The number of phenols is 1. The number of benzene rings is 2. The van der Waals surface area contributed by atoms with Gasteiger partial charge in [0.05, 0.1) is 18.3 Å². The number of hydrogen-bond donors (Lipinski definition) is 3. The molecule has 2 aromatic rings. The second-order valence-electron chi connectivity index (χ2n) is 11.8. The number of nitrogens with one attached hydrogen (secondary N) is 1. The van der Waals surface area contributed by atoms with E-state index in [2.05, 4.69) is 19.1 Å². The number of ketones is 1. The fourth-order valence-electron chi connectivity index (χ4n) is 5.91. The van der Waals surface area contributed by atoms with Gasteiger partial charge in [-0.2, -0.15) is 0 Å². The summed E-state index contributed by atoms with van der Waals surface area (Å²) in [5.74, 6) is -0.215. The van der Waals surface area contributed by atoms with E-state index in [4.69, 9.17) is 15.3 Å². The molecule has 2 aliphatic heterocycles. The van der Waals surface area contributed by atoms with Crippen molar-refractivity contribution < 1.29 is 24.5 Å². The summed E-state index contributed by atoms with van der Waals surface area (Å²) in [4.78, 5) is 28.5. The van der Waals surface area contributed by atoms with Crippen molar-refractivity contribution in [3.8, 4) is 5.75 Å². The molecule has 2 heterocycles. The van der Waals surface area contributed by atoms with Crippen molar-refractivity contribution in [3.05, 3.63) is 59.2 Å². The zero-order chi connectivity index (χ0) is 28.3. The van der Waals surface area contributed by atoms with E-state index in [0.29, 0.717) is 48.7 Å². The van der Waals surface area contributed by atoms with Crippen LogP contribution in [0.2, 0.25) is 0 Å². The van der Waals surface area contributed by atoms with Crippen molar-refractivity contribution in [2.45, 2.75) is 64.4 Å². The summed E-state index contributed by atoms with van der Waals surface area (Å²) in [6.07, 6.45) is 2.39. The smallest absolute Gasteiger partial charge is 0.329 e. The highest BCUT2D eigenvalue weighted by Gasteiger charge is 2.39. The van der Waals surface area contributed by atoms with E-state index >= 15 is 0 Å².